The summed E-state index contributed by atoms with van der Waals surface area (Å²) in [6.07, 6.45) is 7.22. The molecule has 1 fully saturated rings. The zero-order valence-electron chi connectivity index (χ0n) is 11.0. The highest BCUT2D eigenvalue weighted by atomic mass is 16.6. The third-order valence-corrected chi connectivity index (χ3v) is 2.92. The van der Waals surface area contributed by atoms with Gasteiger partial charge in [-0.3, -0.25) is 9.78 Å². The fraction of sp³-hybridized carbons (Fsp3) is 0.429. The minimum atomic E-state index is -0.915. The van der Waals surface area contributed by atoms with Crippen molar-refractivity contribution in [2.45, 2.75) is 26.1 Å². The van der Waals surface area contributed by atoms with Gasteiger partial charge < -0.3 is 14.7 Å². The van der Waals surface area contributed by atoms with Crippen LogP contribution in [0.25, 0.3) is 6.08 Å². The van der Waals surface area contributed by atoms with E-state index in [9.17, 15) is 9.90 Å². The van der Waals surface area contributed by atoms with Crippen molar-refractivity contribution in [3.05, 3.63) is 30.1 Å². The van der Waals surface area contributed by atoms with Crippen molar-refractivity contribution in [1.82, 2.24) is 4.98 Å². The number of carbonyl (C=O) groups excluding carboxylic acids is 1. The maximum Gasteiger partial charge on any atom is 0.227 e. The Morgan fingerprint density at radius 3 is 3.11 bits per heavy atom. The number of aromatic nitrogens is 1. The minimum Gasteiger partial charge on any atom is -0.365 e. The van der Waals surface area contributed by atoms with Crippen LogP contribution in [0.4, 0.5) is 5.69 Å². The Balaban J connectivity index is 2.09. The summed E-state index contributed by atoms with van der Waals surface area (Å²) in [5.74, 6) is 0.136. The number of pyridine rings is 1. The van der Waals surface area contributed by atoms with E-state index in [1.165, 1.54) is 0 Å². The molecule has 1 aromatic heterocycles. The Bertz CT molecular complexity index is 474. The SMILES string of the molecule is CCOC(O)/C=C/c1cncc(N2CCCC2=O)c1. The standard InChI is InChI=1S/C14H18N2O3/c1-2-19-14(18)6-5-11-8-12(10-15-9-11)16-7-3-4-13(16)17/h5-6,8-10,14,18H,2-4,7H2,1H3/b6-5+. The normalized spacial score (nSPS) is 17.4. The number of nitrogens with zero attached hydrogens (tertiary/aromatic N) is 2. The Kier molecular flexibility index (Phi) is 4.65. The second-order valence-electron chi connectivity index (χ2n) is 4.33. The van der Waals surface area contributed by atoms with Gasteiger partial charge in [-0.1, -0.05) is 6.08 Å². The molecule has 1 N–H and O–H groups in total. The molecule has 1 aromatic rings. The molecule has 0 spiro atoms. The molecule has 0 saturated carbocycles. The van der Waals surface area contributed by atoms with E-state index in [0.717, 1.165) is 24.2 Å². The first kappa shape index (κ1) is 13.7. The van der Waals surface area contributed by atoms with Crippen LogP contribution in [0.5, 0.6) is 0 Å². The van der Waals surface area contributed by atoms with Crippen LogP contribution >= 0.6 is 0 Å². The van der Waals surface area contributed by atoms with Crippen molar-refractivity contribution in [2.24, 2.45) is 0 Å². The lowest BCUT2D eigenvalue weighted by molar-refractivity contribution is -0.117. The van der Waals surface area contributed by atoms with Crippen LogP contribution in [-0.4, -0.2) is 35.4 Å². The maximum absolute atomic E-state index is 11.7. The number of amides is 1. The van der Waals surface area contributed by atoms with Crippen LogP contribution in [0.1, 0.15) is 25.3 Å². The largest absolute Gasteiger partial charge is 0.365 e. The molecule has 1 unspecified atom stereocenters. The van der Waals surface area contributed by atoms with Crippen molar-refractivity contribution in [2.75, 3.05) is 18.1 Å². The average molecular weight is 262 g/mol. The molecule has 1 aliphatic rings. The Morgan fingerprint density at radius 1 is 1.58 bits per heavy atom. The van der Waals surface area contributed by atoms with Gasteiger partial charge >= 0.3 is 0 Å². The second-order valence-corrected chi connectivity index (χ2v) is 4.33. The number of hydrogen-bond donors (Lipinski definition) is 1. The van der Waals surface area contributed by atoms with Gasteiger partial charge in [0.25, 0.3) is 0 Å². The molecular formula is C14H18N2O3. The molecule has 1 aliphatic heterocycles. The fourth-order valence-corrected chi connectivity index (χ4v) is 2.02. The number of hydrogen-bond acceptors (Lipinski definition) is 4. The van der Waals surface area contributed by atoms with Crippen molar-refractivity contribution in [3.63, 3.8) is 0 Å². The summed E-state index contributed by atoms with van der Waals surface area (Å²) in [6, 6.07) is 1.88. The van der Waals surface area contributed by atoms with Crippen LogP contribution in [0.15, 0.2) is 24.5 Å². The van der Waals surface area contributed by atoms with Crippen molar-refractivity contribution in [1.29, 1.82) is 0 Å². The summed E-state index contributed by atoms with van der Waals surface area (Å²) >= 11 is 0. The summed E-state index contributed by atoms with van der Waals surface area (Å²) in [6.45, 7) is 3.01. The van der Waals surface area contributed by atoms with Crippen LogP contribution in [0, 0.1) is 0 Å². The molecule has 102 valence electrons. The zero-order valence-corrected chi connectivity index (χ0v) is 11.0. The summed E-state index contributed by atoms with van der Waals surface area (Å²) in [7, 11) is 0. The fourth-order valence-electron chi connectivity index (χ4n) is 2.02. The molecule has 0 radical (unpaired) electrons. The quantitative estimate of drug-likeness (QED) is 0.818. The van der Waals surface area contributed by atoms with Crippen LogP contribution in [0.3, 0.4) is 0 Å². The van der Waals surface area contributed by atoms with E-state index in [1.807, 2.05) is 13.0 Å². The molecule has 0 aromatic carbocycles. The molecule has 1 amide bonds. The monoisotopic (exact) mass is 262 g/mol. The second kappa shape index (κ2) is 6.45. The van der Waals surface area contributed by atoms with Gasteiger partial charge in [-0.2, -0.15) is 0 Å². The van der Waals surface area contributed by atoms with Gasteiger partial charge in [-0.25, -0.2) is 0 Å². The van der Waals surface area contributed by atoms with Crippen LogP contribution < -0.4 is 4.90 Å². The van der Waals surface area contributed by atoms with E-state index in [4.69, 9.17) is 4.74 Å². The molecule has 1 saturated heterocycles. The first-order valence-electron chi connectivity index (χ1n) is 6.44. The first-order chi connectivity index (χ1) is 9.20. The first-order valence-corrected chi connectivity index (χ1v) is 6.44. The Labute approximate surface area is 112 Å². The number of aliphatic hydroxyl groups is 1. The lowest BCUT2D eigenvalue weighted by atomic mass is 10.2. The van der Waals surface area contributed by atoms with Gasteiger partial charge in [0.15, 0.2) is 6.29 Å². The van der Waals surface area contributed by atoms with Gasteiger partial charge in [-0.05, 0) is 31.1 Å². The number of carbonyl (C=O) groups is 1. The average Bonchev–Trinajstić information content (AvgIpc) is 2.83. The minimum absolute atomic E-state index is 0.136. The molecule has 5 nitrogen and oxygen atoms in total. The Morgan fingerprint density at radius 2 is 2.42 bits per heavy atom. The highest BCUT2D eigenvalue weighted by Crippen LogP contribution is 2.21. The molecule has 0 bridgehead atoms. The van der Waals surface area contributed by atoms with Gasteiger partial charge in [-0.15, -0.1) is 0 Å². The number of ether oxygens (including phenoxy) is 1. The van der Waals surface area contributed by atoms with Gasteiger partial charge in [0, 0.05) is 25.8 Å². The predicted molar refractivity (Wildman–Crippen MR) is 72.5 cm³/mol. The van der Waals surface area contributed by atoms with Gasteiger partial charge in [0.05, 0.1) is 11.9 Å². The molecular weight excluding hydrogens is 244 g/mol. The van der Waals surface area contributed by atoms with Crippen molar-refractivity contribution >= 4 is 17.7 Å². The van der Waals surface area contributed by atoms with Gasteiger partial charge in [0.2, 0.25) is 5.91 Å². The smallest absolute Gasteiger partial charge is 0.227 e. The summed E-state index contributed by atoms with van der Waals surface area (Å²) in [5.41, 5.74) is 1.63. The lowest BCUT2D eigenvalue weighted by Gasteiger charge is -2.15. The molecule has 2 rings (SSSR count). The van der Waals surface area contributed by atoms with E-state index in [1.54, 1.807) is 29.4 Å². The Hall–Kier alpha value is -1.72. The molecule has 5 heteroatoms. The number of aliphatic hydroxyl groups excluding tert-OH is 1. The van der Waals surface area contributed by atoms with Crippen molar-refractivity contribution < 1.29 is 14.6 Å². The molecule has 0 aliphatic carbocycles. The van der Waals surface area contributed by atoms with Gasteiger partial charge in [0.1, 0.15) is 0 Å². The summed E-state index contributed by atoms with van der Waals surface area (Å²) < 4.78 is 4.99. The summed E-state index contributed by atoms with van der Waals surface area (Å²) in [5, 5.41) is 9.44. The van der Waals surface area contributed by atoms with E-state index in [0.29, 0.717) is 13.0 Å². The molecule has 2 heterocycles. The number of anilines is 1. The van der Waals surface area contributed by atoms with E-state index < -0.39 is 6.29 Å². The third kappa shape index (κ3) is 3.62. The topological polar surface area (TPSA) is 62.7 Å². The maximum atomic E-state index is 11.7. The zero-order chi connectivity index (χ0) is 13.7. The van der Waals surface area contributed by atoms with Crippen molar-refractivity contribution in [3.8, 4) is 0 Å². The lowest BCUT2D eigenvalue weighted by Crippen LogP contribution is -2.23. The number of rotatable bonds is 5. The highest BCUT2D eigenvalue weighted by molar-refractivity contribution is 5.95. The van der Waals surface area contributed by atoms with Crippen LogP contribution in [-0.2, 0) is 9.53 Å². The highest BCUT2D eigenvalue weighted by Gasteiger charge is 2.21. The van der Waals surface area contributed by atoms with E-state index in [-0.39, 0.29) is 5.91 Å². The third-order valence-electron chi connectivity index (χ3n) is 2.92. The van der Waals surface area contributed by atoms with E-state index >= 15 is 0 Å². The predicted octanol–water partition coefficient (Wildman–Crippen LogP) is 1.58. The van der Waals surface area contributed by atoms with Crippen LogP contribution in [0.2, 0.25) is 0 Å². The van der Waals surface area contributed by atoms with E-state index in [2.05, 4.69) is 4.98 Å². The summed E-state index contributed by atoms with van der Waals surface area (Å²) in [4.78, 5) is 17.5. The molecule has 1 atom stereocenters. The molecule has 19 heavy (non-hydrogen) atoms.